The van der Waals surface area contributed by atoms with Crippen LogP contribution in [0.2, 0.25) is 0 Å². The second-order valence-corrected chi connectivity index (χ2v) is 5.06. The molecule has 1 unspecified atom stereocenters. The van der Waals surface area contributed by atoms with E-state index in [-0.39, 0.29) is 10.7 Å². The van der Waals surface area contributed by atoms with E-state index in [2.05, 4.69) is 26.9 Å². The van der Waals surface area contributed by atoms with Crippen molar-refractivity contribution in [2.45, 2.75) is 18.2 Å². The van der Waals surface area contributed by atoms with Crippen LogP contribution < -0.4 is 0 Å². The Hall–Kier alpha value is -0.600. The zero-order chi connectivity index (χ0) is 11.3. The molecule has 0 aromatic rings. The van der Waals surface area contributed by atoms with E-state index in [1.165, 1.54) is 0 Å². The molecule has 1 aliphatic rings. The van der Waals surface area contributed by atoms with Crippen molar-refractivity contribution >= 4 is 21.8 Å². The van der Waals surface area contributed by atoms with Crippen LogP contribution in [0.5, 0.6) is 0 Å². The van der Waals surface area contributed by atoms with Crippen LogP contribution in [0.3, 0.4) is 0 Å². The molecule has 0 N–H and O–H groups in total. The van der Waals surface area contributed by atoms with Gasteiger partial charge in [-0.3, -0.25) is 9.69 Å². The average Bonchev–Trinajstić information content (AvgIpc) is 2.26. The highest BCUT2D eigenvalue weighted by Crippen LogP contribution is 2.08. The molecular weight excluding hydrogens is 258 g/mol. The summed E-state index contributed by atoms with van der Waals surface area (Å²) in [6, 6.07) is 2.14. The van der Waals surface area contributed by atoms with Gasteiger partial charge in [0.25, 0.3) is 0 Å². The summed E-state index contributed by atoms with van der Waals surface area (Å²) in [7, 11) is 0. The summed E-state index contributed by atoms with van der Waals surface area (Å²) < 4.78 is 0. The van der Waals surface area contributed by atoms with Crippen LogP contribution in [-0.4, -0.2) is 53.3 Å². The Labute approximate surface area is 99.0 Å². The molecule has 1 fully saturated rings. The first-order valence-corrected chi connectivity index (χ1v) is 6.09. The van der Waals surface area contributed by atoms with Gasteiger partial charge in [0.05, 0.1) is 10.9 Å². The summed E-state index contributed by atoms with van der Waals surface area (Å²) in [5.74, 6) is 0.162. The Morgan fingerprint density at radius 1 is 1.47 bits per heavy atom. The van der Waals surface area contributed by atoms with Gasteiger partial charge >= 0.3 is 0 Å². The third kappa shape index (κ3) is 3.80. The van der Waals surface area contributed by atoms with Crippen molar-refractivity contribution in [3.05, 3.63) is 0 Å². The topological polar surface area (TPSA) is 47.3 Å². The Balaban J connectivity index is 2.30. The number of amides is 1. The lowest BCUT2D eigenvalue weighted by Crippen LogP contribution is -2.50. The molecule has 1 rings (SSSR count). The van der Waals surface area contributed by atoms with Crippen molar-refractivity contribution in [2.75, 3.05) is 32.7 Å². The molecule has 4 nitrogen and oxygen atoms in total. The predicted octanol–water partition coefficient (Wildman–Crippen LogP) is 0.828. The molecule has 0 bridgehead atoms. The van der Waals surface area contributed by atoms with Crippen LogP contribution in [-0.2, 0) is 4.79 Å². The van der Waals surface area contributed by atoms with Gasteiger partial charge in [-0.25, -0.2) is 0 Å². The monoisotopic (exact) mass is 273 g/mol. The van der Waals surface area contributed by atoms with Crippen LogP contribution in [0.15, 0.2) is 0 Å². The van der Waals surface area contributed by atoms with Crippen LogP contribution >= 0.6 is 15.9 Å². The van der Waals surface area contributed by atoms with Crippen LogP contribution in [0.4, 0.5) is 0 Å². The van der Waals surface area contributed by atoms with Crippen LogP contribution in [0.25, 0.3) is 0 Å². The fourth-order valence-corrected chi connectivity index (χ4v) is 1.94. The summed E-state index contributed by atoms with van der Waals surface area (Å²) in [5, 5.41) is 8.46. The first-order valence-electron chi connectivity index (χ1n) is 5.17. The maximum absolute atomic E-state index is 11.6. The largest absolute Gasteiger partial charge is 0.339 e. The Kier molecular flexibility index (Phi) is 5.06. The molecule has 1 amide bonds. The highest BCUT2D eigenvalue weighted by Gasteiger charge is 2.22. The predicted molar refractivity (Wildman–Crippen MR) is 61.6 cm³/mol. The molecule has 15 heavy (non-hydrogen) atoms. The van der Waals surface area contributed by atoms with E-state index in [9.17, 15) is 4.79 Å². The number of hydrogen-bond acceptors (Lipinski definition) is 3. The number of hydrogen-bond donors (Lipinski definition) is 0. The van der Waals surface area contributed by atoms with Gasteiger partial charge in [-0.15, -0.1) is 0 Å². The van der Waals surface area contributed by atoms with Gasteiger partial charge in [-0.2, -0.15) is 5.26 Å². The molecule has 0 aromatic carbocycles. The molecule has 0 saturated carbocycles. The highest BCUT2D eigenvalue weighted by molar-refractivity contribution is 9.10. The SMILES string of the molecule is CC(Br)C(=O)N1CCN(CCC#N)CC1. The molecule has 1 atom stereocenters. The lowest BCUT2D eigenvalue weighted by Gasteiger charge is -2.34. The lowest BCUT2D eigenvalue weighted by molar-refractivity contribution is -0.131. The smallest absolute Gasteiger partial charge is 0.236 e. The van der Waals surface area contributed by atoms with Gasteiger partial charge in [-0.05, 0) is 6.92 Å². The number of alkyl halides is 1. The van der Waals surface area contributed by atoms with E-state index < -0.39 is 0 Å². The molecule has 0 aromatic heterocycles. The Morgan fingerprint density at radius 2 is 2.07 bits per heavy atom. The fourth-order valence-electron chi connectivity index (χ4n) is 1.65. The minimum Gasteiger partial charge on any atom is -0.339 e. The molecule has 0 radical (unpaired) electrons. The highest BCUT2D eigenvalue weighted by atomic mass is 79.9. The molecule has 1 heterocycles. The van der Waals surface area contributed by atoms with Gasteiger partial charge in [0.15, 0.2) is 0 Å². The van der Waals surface area contributed by atoms with Crippen LogP contribution in [0.1, 0.15) is 13.3 Å². The van der Waals surface area contributed by atoms with Crippen molar-refractivity contribution in [3.63, 3.8) is 0 Å². The second-order valence-electron chi connectivity index (χ2n) is 3.69. The minimum absolute atomic E-state index is 0.0943. The maximum atomic E-state index is 11.6. The molecule has 1 saturated heterocycles. The summed E-state index contributed by atoms with van der Waals surface area (Å²) in [6.45, 7) is 5.99. The van der Waals surface area contributed by atoms with Crippen LogP contribution in [0, 0.1) is 11.3 Å². The number of carbonyl (C=O) groups excluding carboxylic acids is 1. The van der Waals surface area contributed by atoms with E-state index >= 15 is 0 Å². The van der Waals surface area contributed by atoms with E-state index in [4.69, 9.17) is 5.26 Å². The summed E-state index contributed by atoms with van der Waals surface area (Å²) in [6.07, 6.45) is 0.572. The van der Waals surface area contributed by atoms with E-state index in [0.717, 1.165) is 32.7 Å². The first-order chi connectivity index (χ1) is 7.15. The fraction of sp³-hybridized carbons (Fsp3) is 0.800. The number of carbonyl (C=O) groups is 1. The van der Waals surface area contributed by atoms with E-state index in [1.807, 2.05) is 11.8 Å². The van der Waals surface area contributed by atoms with Gasteiger partial charge in [0.1, 0.15) is 0 Å². The first kappa shape index (κ1) is 12.5. The molecule has 84 valence electrons. The van der Waals surface area contributed by atoms with Gasteiger partial charge < -0.3 is 4.90 Å². The van der Waals surface area contributed by atoms with E-state index in [1.54, 1.807) is 0 Å². The zero-order valence-electron chi connectivity index (χ0n) is 8.95. The van der Waals surface area contributed by atoms with Crippen molar-refractivity contribution in [1.82, 2.24) is 9.80 Å². The second kappa shape index (κ2) is 6.09. The summed E-state index contributed by atoms with van der Waals surface area (Å²) in [4.78, 5) is 15.6. The van der Waals surface area contributed by atoms with Gasteiger partial charge in [0.2, 0.25) is 5.91 Å². The standard InChI is InChI=1S/C10H16BrN3O/c1-9(11)10(15)14-7-5-13(6-8-14)4-2-3-12/h9H,2,4-8H2,1H3. The number of halogens is 1. The van der Waals surface area contributed by atoms with Crippen molar-refractivity contribution in [3.8, 4) is 6.07 Å². The normalized spacial score (nSPS) is 19.7. The molecule has 1 aliphatic heterocycles. The minimum atomic E-state index is -0.0943. The van der Waals surface area contributed by atoms with E-state index in [0.29, 0.717) is 6.42 Å². The maximum Gasteiger partial charge on any atom is 0.236 e. The zero-order valence-corrected chi connectivity index (χ0v) is 10.5. The van der Waals surface area contributed by atoms with Crippen molar-refractivity contribution in [1.29, 1.82) is 5.26 Å². The molecule has 0 aliphatic carbocycles. The Bertz CT molecular complexity index is 254. The van der Waals surface area contributed by atoms with Gasteiger partial charge in [-0.1, -0.05) is 15.9 Å². The Morgan fingerprint density at radius 3 is 2.53 bits per heavy atom. The summed E-state index contributed by atoms with van der Waals surface area (Å²) in [5.41, 5.74) is 0. The van der Waals surface area contributed by atoms with Crippen molar-refractivity contribution < 1.29 is 4.79 Å². The summed E-state index contributed by atoms with van der Waals surface area (Å²) >= 11 is 3.28. The average molecular weight is 274 g/mol. The number of piperazine rings is 1. The third-order valence-corrected chi connectivity index (χ3v) is 2.96. The molecular formula is C10H16BrN3O. The molecule has 0 spiro atoms. The van der Waals surface area contributed by atoms with Crippen molar-refractivity contribution in [2.24, 2.45) is 0 Å². The quantitative estimate of drug-likeness (QED) is 0.716. The number of rotatable bonds is 3. The third-order valence-electron chi connectivity index (χ3n) is 2.56. The number of nitriles is 1. The number of nitrogens with zero attached hydrogens (tertiary/aromatic N) is 3. The van der Waals surface area contributed by atoms with Gasteiger partial charge in [0, 0.05) is 39.1 Å². The molecule has 5 heteroatoms. The lowest BCUT2D eigenvalue weighted by atomic mass is 10.2.